The van der Waals surface area contributed by atoms with Crippen molar-refractivity contribution in [3.05, 3.63) is 24.3 Å². The Morgan fingerprint density at radius 1 is 1.20 bits per heavy atom. The van der Waals surface area contributed by atoms with E-state index >= 15 is 0 Å². The van der Waals surface area contributed by atoms with Crippen LogP contribution in [0.25, 0.3) is 0 Å². The zero-order valence-corrected chi connectivity index (χ0v) is 13.1. The van der Waals surface area contributed by atoms with E-state index < -0.39 is 9.84 Å². The van der Waals surface area contributed by atoms with Crippen LogP contribution in [0.3, 0.4) is 0 Å². The molecule has 0 aliphatic carbocycles. The van der Waals surface area contributed by atoms with E-state index in [9.17, 15) is 8.42 Å². The Balaban J connectivity index is 2.48. The first kappa shape index (κ1) is 16.8. The van der Waals surface area contributed by atoms with Crippen LogP contribution in [0.15, 0.2) is 24.3 Å². The smallest absolute Gasteiger partial charge is 0.152 e. The fourth-order valence-electron chi connectivity index (χ4n) is 1.72. The molecule has 5 nitrogen and oxygen atoms in total. The SMILES string of the molecule is CCS(=O)(=O)CC(C)Nc1ccc(OCCOC)cc1. The van der Waals surface area contributed by atoms with Crippen molar-refractivity contribution in [1.29, 1.82) is 0 Å². The predicted octanol–water partition coefficient (Wildman–Crippen LogP) is 1.95. The van der Waals surface area contributed by atoms with Gasteiger partial charge in [-0.15, -0.1) is 0 Å². The highest BCUT2D eigenvalue weighted by atomic mass is 32.2. The molecule has 6 heteroatoms. The van der Waals surface area contributed by atoms with Crippen molar-refractivity contribution in [2.45, 2.75) is 19.9 Å². The third kappa shape index (κ3) is 6.25. The standard InChI is InChI=1S/C14H23NO4S/c1-4-20(16,17)11-12(2)15-13-5-7-14(8-6-13)19-10-9-18-3/h5-8,12,15H,4,9-11H2,1-3H3. The molecular weight excluding hydrogens is 278 g/mol. The molecule has 0 aromatic heterocycles. The number of sulfone groups is 1. The number of methoxy groups -OCH3 is 1. The molecule has 0 radical (unpaired) electrons. The van der Waals surface area contributed by atoms with Gasteiger partial charge in [-0.25, -0.2) is 8.42 Å². The maximum Gasteiger partial charge on any atom is 0.152 e. The van der Waals surface area contributed by atoms with Gasteiger partial charge in [0.15, 0.2) is 9.84 Å². The van der Waals surface area contributed by atoms with Crippen LogP contribution in [0.4, 0.5) is 5.69 Å². The summed E-state index contributed by atoms with van der Waals surface area (Å²) in [6.45, 7) is 4.57. The molecule has 1 N–H and O–H groups in total. The zero-order valence-electron chi connectivity index (χ0n) is 12.3. The van der Waals surface area contributed by atoms with Gasteiger partial charge >= 0.3 is 0 Å². The van der Waals surface area contributed by atoms with E-state index in [-0.39, 0.29) is 17.5 Å². The molecule has 0 saturated heterocycles. The van der Waals surface area contributed by atoms with Gasteiger partial charge in [-0.3, -0.25) is 0 Å². The number of rotatable bonds is 9. The molecule has 1 aromatic rings. The van der Waals surface area contributed by atoms with Crippen LogP contribution in [0.2, 0.25) is 0 Å². The molecule has 0 fully saturated rings. The lowest BCUT2D eigenvalue weighted by Crippen LogP contribution is -2.26. The summed E-state index contributed by atoms with van der Waals surface area (Å²) in [5.41, 5.74) is 0.878. The molecule has 1 unspecified atom stereocenters. The molecule has 1 rings (SSSR count). The third-order valence-electron chi connectivity index (χ3n) is 2.77. The zero-order chi connectivity index (χ0) is 15.0. The van der Waals surface area contributed by atoms with Crippen LogP contribution in [0.1, 0.15) is 13.8 Å². The van der Waals surface area contributed by atoms with Crippen LogP contribution >= 0.6 is 0 Å². The molecule has 1 aromatic carbocycles. The second-order valence-corrected chi connectivity index (χ2v) is 7.01. The number of hydrogen-bond donors (Lipinski definition) is 1. The van der Waals surface area contributed by atoms with Crippen molar-refractivity contribution in [3.8, 4) is 5.75 Å². The lowest BCUT2D eigenvalue weighted by atomic mass is 10.2. The highest BCUT2D eigenvalue weighted by Crippen LogP contribution is 2.16. The topological polar surface area (TPSA) is 64.6 Å². The minimum atomic E-state index is -2.96. The van der Waals surface area contributed by atoms with Gasteiger partial charge in [0, 0.05) is 24.6 Å². The van der Waals surface area contributed by atoms with E-state index in [4.69, 9.17) is 9.47 Å². The monoisotopic (exact) mass is 301 g/mol. The van der Waals surface area contributed by atoms with E-state index in [0.29, 0.717) is 13.2 Å². The van der Waals surface area contributed by atoms with Gasteiger partial charge in [0.1, 0.15) is 12.4 Å². The third-order valence-corrected chi connectivity index (χ3v) is 4.65. The molecule has 0 heterocycles. The van der Waals surface area contributed by atoms with Crippen molar-refractivity contribution in [3.63, 3.8) is 0 Å². The first-order valence-corrected chi connectivity index (χ1v) is 8.47. The molecule has 20 heavy (non-hydrogen) atoms. The second kappa shape index (κ2) is 8.11. The lowest BCUT2D eigenvalue weighted by molar-refractivity contribution is 0.146. The van der Waals surface area contributed by atoms with Gasteiger partial charge in [0.2, 0.25) is 0 Å². The average molecular weight is 301 g/mol. The average Bonchev–Trinajstić information content (AvgIpc) is 2.40. The summed E-state index contributed by atoms with van der Waals surface area (Å²) in [6, 6.07) is 7.31. The molecule has 0 spiro atoms. The number of nitrogens with one attached hydrogen (secondary N) is 1. The Labute approximate surface area is 121 Å². The molecule has 0 aliphatic rings. The van der Waals surface area contributed by atoms with Crippen molar-refractivity contribution < 1.29 is 17.9 Å². The van der Waals surface area contributed by atoms with Gasteiger partial charge in [-0.05, 0) is 31.2 Å². The molecule has 114 valence electrons. The highest BCUT2D eigenvalue weighted by molar-refractivity contribution is 7.91. The van der Waals surface area contributed by atoms with Crippen LogP contribution < -0.4 is 10.1 Å². The molecule has 0 amide bonds. The van der Waals surface area contributed by atoms with Crippen LogP contribution in [-0.2, 0) is 14.6 Å². The van der Waals surface area contributed by atoms with Crippen molar-refractivity contribution in [2.24, 2.45) is 0 Å². The van der Waals surface area contributed by atoms with E-state index in [0.717, 1.165) is 11.4 Å². The largest absolute Gasteiger partial charge is 0.491 e. The van der Waals surface area contributed by atoms with Crippen molar-refractivity contribution >= 4 is 15.5 Å². The fraction of sp³-hybridized carbons (Fsp3) is 0.571. The molecule has 1 atom stereocenters. The van der Waals surface area contributed by atoms with Gasteiger partial charge in [-0.1, -0.05) is 6.92 Å². The Bertz CT molecular complexity index is 484. The minimum absolute atomic E-state index is 0.125. The van der Waals surface area contributed by atoms with Crippen LogP contribution in [0.5, 0.6) is 5.75 Å². The van der Waals surface area contributed by atoms with Gasteiger partial charge in [-0.2, -0.15) is 0 Å². The quantitative estimate of drug-likeness (QED) is 0.706. The van der Waals surface area contributed by atoms with Gasteiger partial charge in [0.05, 0.1) is 12.4 Å². The molecule has 0 aliphatic heterocycles. The fourth-order valence-corrected chi connectivity index (χ4v) is 2.80. The van der Waals surface area contributed by atoms with E-state index in [1.54, 1.807) is 14.0 Å². The van der Waals surface area contributed by atoms with Crippen molar-refractivity contribution in [1.82, 2.24) is 0 Å². The Morgan fingerprint density at radius 3 is 2.40 bits per heavy atom. The number of hydrogen-bond acceptors (Lipinski definition) is 5. The summed E-state index contributed by atoms with van der Waals surface area (Å²) < 4.78 is 33.4. The van der Waals surface area contributed by atoms with E-state index in [1.807, 2.05) is 31.2 Å². The van der Waals surface area contributed by atoms with Gasteiger partial charge in [0.25, 0.3) is 0 Å². The number of ether oxygens (including phenoxy) is 2. The van der Waals surface area contributed by atoms with Crippen LogP contribution in [-0.4, -0.2) is 46.3 Å². The summed E-state index contributed by atoms with van der Waals surface area (Å²) in [4.78, 5) is 0. The lowest BCUT2D eigenvalue weighted by Gasteiger charge is -2.15. The maximum absolute atomic E-state index is 11.5. The Kier molecular flexibility index (Phi) is 6.81. The van der Waals surface area contributed by atoms with Crippen molar-refractivity contribution in [2.75, 3.05) is 37.1 Å². The van der Waals surface area contributed by atoms with E-state index in [1.165, 1.54) is 0 Å². The summed E-state index contributed by atoms with van der Waals surface area (Å²) >= 11 is 0. The van der Waals surface area contributed by atoms with Crippen LogP contribution in [0, 0.1) is 0 Å². The minimum Gasteiger partial charge on any atom is -0.491 e. The summed E-state index contributed by atoms with van der Waals surface area (Å²) in [5.74, 6) is 1.07. The maximum atomic E-state index is 11.5. The predicted molar refractivity (Wildman–Crippen MR) is 81.2 cm³/mol. The first-order chi connectivity index (χ1) is 9.46. The molecular formula is C14H23NO4S. The summed E-state index contributed by atoms with van der Waals surface area (Å²) in [6.07, 6.45) is 0. The number of anilines is 1. The molecule has 0 bridgehead atoms. The number of benzene rings is 1. The Morgan fingerprint density at radius 2 is 1.85 bits per heavy atom. The summed E-state index contributed by atoms with van der Waals surface area (Å²) in [5, 5.41) is 3.17. The normalized spacial score (nSPS) is 12.9. The van der Waals surface area contributed by atoms with Gasteiger partial charge < -0.3 is 14.8 Å². The highest BCUT2D eigenvalue weighted by Gasteiger charge is 2.13. The Hall–Kier alpha value is -1.27. The first-order valence-electron chi connectivity index (χ1n) is 6.65. The summed E-state index contributed by atoms with van der Waals surface area (Å²) in [7, 11) is -1.34. The molecule has 0 saturated carbocycles. The van der Waals surface area contributed by atoms with E-state index in [2.05, 4.69) is 5.32 Å². The second-order valence-electron chi connectivity index (χ2n) is 4.61.